The van der Waals surface area contributed by atoms with Gasteiger partial charge >= 0.3 is 0 Å². The molecule has 3 heterocycles. The molecular weight excluding hydrogens is 229 g/mol. The average Bonchev–Trinajstić information content (AvgIpc) is 3.02. The highest BCUT2D eigenvalue weighted by molar-refractivity contribution is 7.52. The quantitative estimate of drug-likeness (QED) is 0.575. The van der Waals surface area contributed by atoms with Gasteiger partial charge in [0, 0.05) is 0 Å². The summed E-state index contributed by atoms with van der Waals surface area (Å²) in [7, 11) is -1.11. The van der Waals surface area contributed by atoms with Crippen LogP contribution in [0.2, 0.25) is 0 Å². The molecule has 16 heavy (non-hydrogen) atoms. The highest BCUT2D eigenvalue weighted by atomic mass is 31.1. The van der Waals surface area contributed by atoms with Gasteiger partial charge in [-0.15, -0.1) is 0 Å². The van der Waals surface area contributed by atoms with Crippen molar-refractivity contribution in [2.24, 2.45) is 0 Å². The van der Waals surface area contributed by atoms with Crippen LogP contribution in [0.1, 0.15) is 0 Å². The molecule has 0 amide bonds. The summed E-state index contributed by atoms with van der Waals surface area (Å²) in [5, 5.41) is 12.3. The van der Waals surface area contributed by atoms with E-state index in [4.69, 9.17) is 0 Å². The number of aromatic nitrogens is 9. The molecule has 0 aliphatic rings. The van der Waals surface area contributed by atoms with Crippen LogP contribution >= 0.6 is 8.37 Å². The van der Waals surface area contributed by atoms with Crippen molar-refractivity contribution in [1.29, 1.82) is 0 Å². The summed E-state index contributed by atoms with van der Waals surface area (Å²) >= 11 is 0. The van der Waals surface area contributed by atoms with Gasteiger partial charge in [-0.3, -0.25) is 0 Å². The van der Waals surface area contributed by atoms with Crippen molar-refractivity contribution in [1.82, 2.24) is 43.6 Å². The first kappa shape index (κ1) is 9.10. The van der Waals surface area contributed by atoms with Gasteiger partial charge < -0.3 is 0 Å². The average molecular weight is 235 g/mol. The van der Waals surface area contributed by atoms with Gasteiger partial charge in [0.2, 0.25) is 0 Å². The van der Waals surface area contributed by atoms with Crippen molar-refractivity contribution in [3.63, 3.8) is 0 Å². The van der Waals surface area contributed by atoms with Crippen molar-refractivity contribution in [2.75, 3.05) is 0 Å². The molecule has 9 nitrogen and oxygen atoms in total. The van der Waals surface area contributed by atoms with Gasteiger partial charge in [-0.25, -0.2) is 15.0 Å². The maximum absolute atomic E-state index is 4.09. The molecule has 0 spiro atoms. The lowest BCUT2D eigenvalue weighted by atomic mass is 11.3. The first-order chi connectivity index (χ1) is 7.95. The van der Waals surface area contributed by atoms with Crippen molar-refractivity contribution in [3.8, 4) is 0 Å². The van der Waals surface area contributed by atoms with Crippen LogP contribution in [0.4, 0.5) is 0 Å². The molecule has 3 aromatic heterocycles. The second-order valence-corrected chi connectivity index (χ2v) is 4.48. The Morgan fingerprint density at radius 2 is 1.00 bits per heavy atom. The van der Waals surface area contributed by atoms with Crippen LogP contribution in [0.3, 0.4) is 0 Å². The van der Waals surface area contributed by atoms with E-state index in [1.54, 1.807) is 32.3 Å². The summed E-state index contributed by atoms with van der Waals surface area (Å²) < 4.78 is 5.00. The van der Waals surface area contributed by atoms with Gasteiger partial charge in [0.05, 0.1) is 0 Å². The fourth-order valence-electron chi connectivity index (χ4n) is 1.16. The molecule has 3 aromatic rings. The Morgan fingerprint density at radius 1 is 0.625 bits per heavy atom. The molecule has 0 saturated heterocycles. The Labute approximate surface area is 90.7 Å². The number of hydrogen-bond donors (Lipinski definition) is 0. The van der Waals surface area contributed by atoms with E-state index in [9.17, 15) is 0 Å². The fraction of sp³-hybridized carbons (Fsp3) is 0. The summed E-state index contributed by atoms with van der Waals surface area (Å²) in [6.07, 6.45) is 9.20. The molecule has 0 fully saturated rings. The Kier molecular flexibility index (Phi) is 2.15. The maximum atomic E-state index is 4.09. The first-order valence-corrected chi connectivity index (χ1v) is 5.50. The van der Waals surface area contributed by atoms with Crippen LogP contribution in [0.25, 0.3) is 0 Å². The van der Waals surface area contributed by atoms with Crippen LogP contribution in [0, 0.1) is 0 Å². The lowest BCUT2D eigenvalue weighted by Crippen LogP contribution is -2.10. The zero-order valence-electron chi connectivity index (χ0n) is 7.94. The van der Waals surface area contributed by atoms with Crippen LogP contribution in [-0.2, 0) is 0 Å². The predicted octanol–water partition coefficient (Wildman–Crippen LogP) is -0.367. The molecule has 0 unspecified atom stereocenters. The third-order valence-electron chi connectivity index (χ3n) is 1.77. The molecule has 80 valence electrons. The smallest absolute Gasteiger partial charge is 0.223 e. The van der Waals surface area contributed by atoms with Gasteiger partial charge in [-0.1, -0.05) is 0 Å². The highest BCUT2D eigenvalue weighted by Gasteiger charge is 2.18. The Morgan fingerprint density at radius 3 is 1.25 bits per heavy atom. The van der Waals surface area contributed by atoms with Gasteiger partial charge in [0.1, 0.15) is 38.0 Å². The summed E-state index contributed by atoms with van der Waals surface area (Å²) in [5.74, 6) is 0. The molecule has 3 rings (SSSR count). The fourth-order valence-corrected chi connectivity index (χ4v) is 2.60. The largest absolute Gasteiger partial charge is 0.276 e. The normalized spacial score (nSPS) is 11.1. The topological polar surface area (TPSA) is 92.1 Å². The lowest BCUT2D eigenvalue weighted by Gasteiger charge is -2.14. The van der Waals surface area contributed by atoms with Crippen LogP contribution in [0.5, 0.6) is 0 Å². The SMILES string of the molecule is c1ncn(P(n2cncn2)n2cncn2)n1. The molecule has 0 aliphatic carbocycles. The van der Waals surface area contributed by atoms with E-state index in [0.717, 1.165) is 0 Å². The zero-order chi connectivity index (χ0) is 10.8. The van der Waals surface area contributed by atoms with E-state index < -0.39 is 8.37 Å². The third kappa shape index (κ3) is 1.47. The molecule has 10 heteroatoms. The Bertz CT molecular complexity index is 445. The molecule has 0 N–H and O–H groups in total. The highest BCUT2D eigenvalue weighted by Crippen LogP contribution is 2.36. The zero-order valence-corrected chi connectivity index (χ0v) is 8.83. The third-order valence-corrected chi connectivity index (χ3v) is 3.49. The van der Waals surface area contributed by atoms with Crippen LogP contribution < -0.4 is 0 Å². The van der Waals surface area contributed by atoms with Crippen molar-refractivity contribution in [3.05, 3.63) is 38.0 Å². The predicted molar refractivity (Wildman–Crippen MR) is 53.2 cm³/mol. The van der Waals surface area contributed by atoms with Crippen molar-refractivity contribution in [2.45, 2.75) is 0 Å². The van der Waals surface area contributed by atoms with E-state index in [1.165, 1.54) is 19.0 Å². The van der Waals surface area contributed by atoms with Crippen LogP contribution in [0.15, 0.2) is 38.0 Å². The van der Waals surface area contributed by atoms with Gasteiger partial charge in [-0.05, 0) is 0 Å². The van der Waals surface area contributed by atoms with Gasteiger partial charge in [0.15, 0.2) is 0 Å². The van der Waals surface area contributed by atoms with E-state index >= 15 is 0 Å². The summed E-state index contributed by atoms with van der Waals surface area (Å²) in [6.45, 7) is 0. The van der Waals surface area contributed by atoms with Crippen molar-refractivity contribution < 1.29 is 0 Å². The summed E-state index contributed by atoms with van der Waals surface area (Å²) in [4.78, 5) is 11.7. The summed E-state index contributed by atoms with van der Waals surface area (Å²) in [5.41, 5.74) is 0. The molecule has 0 bridgehead atoms. The Balaban J connectivity index is 2.09. The first-order valence-electron chi connectivity index (χ1n) is 4.30. The Hall–Kier alpha value is -2.15. The van der Waals surface area contributed by atoms with Crippen molar-refractivity contribution >= 4 is 8.37 Å². The summed E-state index contributed by atoms with van der Waals surface area (Å²) in [6, 6.07) is 0. The molecule has 0 aromatic carbocycles. The van der Waals surface area contributed by atoms with E-state index in [2.05, 4.69) is 30.2 Å². The van der Waals surface area contributed by atoms with Crippen LogP contribution in [-0.4, -0.2) is 43.6 Å². The minimum Gasteiger partial charge on any atom is -0.223 e. The molecular formula is C6H6N9P. The molecule has 0 radical (unpaired) electrons. The molecule has 0 saturated carbocycles. The number of rotatable bonds is 3. The second kappa shape index (κ2) is 3.78. The number of hydrogen-bond acceptors (Lipinski definition) is 6. The minimum absolute atomic E-state index is 1.11. The van der Waals surface area contributed by atoms with E-state index in [0.29, 0.717) is 0 Å². The maximum Gasteiger partial charge on any atom is 0.276 e. The second-order valence-electron chi connectivity index (χ2n) is 2.72. The molecule has 0 aliphatic heterocycles. The standard InChI is InChI=1S/C6H6N9P/c1-7-4-13(10-1)16(14-5-8-2-11-14)15-6-9-3-12-15/h1-6H. The van der Waals surface area contributed by atoms with Gasteiger partial charge in [-0.2, -0.15) is 28.7 Å². The van der Waals surface area contributed by atoms with Gasteiger partial charge in [0.25, 0.3) is 8.37 Å². The number of nitrogens with zero attached hydrogens (tertiary/aromatic N) is 9. The molecule has 0 atom stereocenters. The lowest BCUT2D eigenvalue weighted by molar-refractivity contribution is 0.835. The van der Waals surface area contributed by atoms with E-state index in [-0.39, 0.29) is 0 Å². The minimum atomic E-state index is -1.11. The van der Waals surface area contributed by atoms with E-state index in [1.807, 2.05) is 0 Å². The monoisotopic (exact) mass is 235 g/mol.